The van der Waals surface area contributed by atoms with Crippen molar-refractivity contribution in [3.8, 4) is 11.5 Å². The molecule has 2 saturated heterocycles. The normalized spacial score (nSPS) is 17.4. The number of carbonyl (C=O) groups excluding carboxylic acids is 3. The van der Waals surface area contributed by atoms with E-state index in [0.29, 0.717) is 42.0 Å². The highest BCUT2D eigenvalue weighted by Gasteiger charge is 2.36. The maximum atomic E-state index is 12.9. The average molecular weight is 548 g/mol. The molecule has 0 unspecified atom stereocenters. The summed E-state index contributed by atoms with van der Waals surface area (Å²) < 4.78 is 10.9. The number of halogens is 1. The third kappa shape index (κ3) is 5.21. The number of methoxy groups -OCH3 is 1. The first-order valence-corrected chi connectivity index (χ1v) is 12.0. The monoisotopic (exact) mass is 547 g/mol. The molecule has 3 amide bonds. The lowest BCUT2D eigenvalue weighted by molar-refractivity contribution is -0.127. The van der Waals surface area contributed by atoms with Gasteiger partial charge in [0, 0.05) is 13.1 Å². The number of hydrogen-bond donors (Lipinski definition) is 2. The Hall–Kier alpha value is -3.02. The molecule has 0 spiro atoms. The highest BCUT2D eigenvalue weighted by Crippen LogP contribution is 2.38. The molecule has 0 aromatic heterocycles. The van der Waals surface area contributed by atoms with Crippen LogP contribution in [0.2, 0.25) is 0 Å². The van der Waals surface area contributed by atoms with Crippen LogP contribution >= 0.6 is 27.7 Å². The second kappa shape index (κ2) is 10.5. The van der Waals surface area contributed by atoms with Crippen LogP contribution < -0.4 is 15.0 Å². The Labute approximate surface area is 208 Å². The van der Waals surface area contributed by atoms with Gasteiger partial charge in [0.25, 0.3) is 11.1 Å². The van der Waals surface area contributed by atoms with E-state index in [2.05, 4.69) is 26.1 Å². The van der Waals surface area contributed by atoms with Crippen molar-refractivity contribution in [3.05, 3.63) is 51.3 Å². The standard InChI is InChI=1S/C23H22BrN3O6S/c1-32-18-11-14(10-15(24)21(18)29)12-19-22(30)27(23(31)34-19)13-20(28)25-16-4-2-3-5-17(16)26-6-8-33-9-7-26/h2-5,10-12,29H,6-9,13H2,1H3,(H,25,28)/b19-12+. The van der Waals surface area contributed by atoms with Crippen molar-refractivity contribution in [2.45, 2.75) is 0 Å². The number of ether oxygens (including phenoxy) is 2. The zero-order chi connectivity index (χ0) is 24.2. The van der Waals surface area contributed by atoms with Crippen LogP contribution in [0.5, 0.6) is 11.5 Å². The minimum absolute atomic E-state index is 0.0678. The van der Waals surface area contributed by atoms with Crippen LogP contribution in [0.25, 0.3) is 6.08 Å². The van der Waals surface area contributed by atoms with Gasteiger partial charge in [0.1, 0.15) is 6.54 Å². The second-order valence-corrected chi connectivity index (χ2v) is 9.33. The first-order chi connectivity index (χ1) is 16.4. The van der Waals surface area contributed by atoms with Crippen molar-refractivity contribution in [2.75, 3.05) is 50.2 Å². The Morgan fingerprint density at radius 2 is 2.00 bits per heavy atom. The molecular weight excluding hydrogens is 526 g/mol. The molecule has 0 bridgehead atoms. The molecule has 2 aliphatic heterocycles. The smallest absolute Gasteiger partial charge is 0.294 e. The van der Waals surface area contributed by atoms with Crippen molar-refractivity contribution < 1.29 is 29.0 Å². The Morgan fingerprint density at radius 1 is 1.26 bits per heavy atom. The number of thioether (sulfide) groups is 1. The molecule has 0 atom stereocenters. The number of nitrogens with one attached hydrogen (secondary N) is 1. The first kappa shape index (κ1) is 24.1. The summed E-state index contributed by atoms with van der Waals surface area (Å²) in [5, 5.41) is 12.3. The fourth-order valence-corrected chi connectivity index (χ4v) is 4.91. The summed E-state index contributed by atoms with van der Waals surface area (Å²) in [5.41, 5.74) is 2.02. The van der Waals surface area contributed by atoms with Crippen molar-refractivity contribution >= 4 is 62.2 Å². The van der Waals surface area contributed by atoms with Crippen LogP contribution in [-0.4, -0.2) is 67.0 Å². The molecule has 178 valence electrons. The lowest BCUT2D eigenvalue weighted by atomic mass is 10.2. The summed E-state index contributed by atoms with van der Waals surface area (Å²) in [6, 6.07) is 10.5. The number of morpholine rings is 1. The second-order valence-electron chi connectivity index (χ2n) is 7.49. The third-order valence-corrected chi connectivity index (χ3v) is 6.79. The van der Waals surface area contributed by atoms with Gasteiger partial charge in [-0.05, 0) is 63.6 Å². The fraction of sp³-hybridized carbons (Fsp3) is 0.261. The number of anilines is 2. The number of aromatic hydroxyl groups is 1. The lowest BCUT2D eigenvalue weighted by Gasteiger charge is -2.30. The first-order valence-electron chi connectivity index (χ1n) is 10.4. The van der Waals surface area contributed by atoms with E-state index in [1.54, 1.807) is 18.2 Å². The van der Waals surface area contributed by atoms with Gasteiger partial charge in [0.15, 0.2) is 11.5 Å². The van der Waals surface area contributed by atoms with E-state index < -0.39 is 23.6 Å². The van der Waals surface area contributed by atoms with Crippen LogP contribution in [-0.2, 0) is 14.3 Å². The molecule has 4 rings (SSSR count). The Balaban J connectivity index is 1.47. The Morgan fingerprint density at radius 3 is 2.74 bits per heavy atom. The van der Waals surface area contributed by atoms with E-state index >= 15 is 0 Å². The lowest BCUT2D eigenvalue weighted by Crippen LogP contribution is -2.38. The molecule has 2 fully saturated rings. The highest BCUT2D eigenvalue weighted by atomic mass is 79.9. The van der Waals surface area contributed by atoms with Gasteiger partial charge >= 0.3 is 0 Å². The maximum absolute atomic E-state index is 12.9. The molecule has 34 heavy (non-hydrogen) atoms. The molecule has 2 aromatic rings. The van der Waals surface area contributed by atoms with E-state index in [1.807, 2.05) is 18.2 Å². The average Bonchev–Trinajstić information content (AvgIpc) is 3.09. The number of para-hydroxylation sites is 2. The topological polar surface area (TPSA) is 108 Å². The number of benzene rings is 2. The summed E-state index contributed by atoms with van der Waals surface area (Å²) in [7, 11) is 1.41. The Bertz CT molecular complexity index is 1170. The number of rotatable bonds is 6. The largest absolute Gasteiger partial charge is 0.503 e. The van der Waals surface area contributed by atoms with Crippen molar-refractivity contribution in [1.29, 1.82) is 0 Å². The molecule has 0 saturated carbocycles. The minimum atomic E-state index is -0.560. The van der Waals surface area contributed by atoms with Crippen molar-refractivity contribution in [3.63, 3.8) is 0 Å². The number of amides is 3. The van der Waals surface area contributed by atoms with Crippen molar-refractivity contribution in [2.24, 2.45) is 0 Å². The molecule has 2 aromatic carbocycles. The van der Waals surface area contributed by atoms with Crippen LogP contribution in [0.3, 0.4) is 0 Å². The summed E-state index contributed by atoms with van der Waals surface area (Å²) in [6.07, 6.45) is 1.52. The zero-order valence-corrected chi connectivity index (χ0v) is 20.6. The number of phenolic OH excluding ortho intramolecular Hbond substituents is 1. The van der Waals surface area contributed by atoms with Crippen LogP contribution in [0.15, 0.2) is 45.8 Å². The van der Waals surface area contributed by atoms with Crippen molar-refractivity contribution in [1.82, 2.24) is 4.90 Å². The van der Waals surface area contributed by atoms with E-state index in [4.69, 9.17) is 9.47 Å². The van der Waals surface area contributed by atoms with Gasteiger partial charge in [0.2, 0.25) is 5.91 Å². The SMILES string of the molecule is COc1cc(/C=C2/SC(=O)N(CC(=O)Nc3ccccc3N3CCOCC3)C2=O)cc(Br)c1O. The van der Waals surface area contributed by atoms with Gasteiger partial charge < -0.3 is 24.8 Å². The summed E-state index contributed by atoms with van der Waals surface area (Å²) in [5.74, 6) is -0.881. The number of nitrogens with zero attached hydrogens (tertiary/aromatic N) is 2. The molecule has 11 heteroatoms. The molecule has 0 radical (unpaired) electrons. The maximum Gasteiger partial charge on any atom is 0.294 e. The molecule has 2 N–H and O–H groups in total. The van der Waals surface area contributed by atoms with Crippen LogP contribution in [0, 0.1) is 0 Å². The molecule has 2 aliphatic rings. The van der Waals surface area contributed by atoms with Gasteiger partial charge in [-0.15, -0.1) is 0 Å². The van der Waals surface area contributed by atoms with Gasteiger partial charge in [-0.1, -0.05) is 12.1 Å². The Kier molecular flexibility index (Phi) is 7.44. The van der Waals surface area contributed by atoms with Gasteiger partial charge in [-0.3, -0.25) is 19.3 Å². The van der Waals surface area contributed by atoms with Gasteiger partial charge in [-0.25, -0.2) is 0 Å². The minimum Gasteiger partial charge on any atom is -0.503 e. The quantitative estimate of drug-likeness (QED) is 0.527. The van der Waals surface area contributed by atoms with Gasteiger partial charge in [0.05, 0.1) is 41.1 Å². The van der Waals surface area contributed by atoms with Gasteiger partial charge in [-0.2, -0.15) is 0 Å². The number of phenols is 1. The summed E-state index contributed by atoms with van der Waals surface area (Å²) in [6.45, 7) is 2.23. The zero-order valence-electron chi connectivity index (χ0n) is 18.2. The third-order valence-electron chi connectivity index (χ3n) is 5.27. The van der Waals surface area contributed by atoms with Crippen LogP contribution in [0.4, 0.5) is 16.2 Å². The molecule has 2 heterocycles. The van der Waals surface area contributed by atoms with E-state index in [-0.39, 0.29) is 16.4 Å². The molecule has 9 nitrogen and oxygen atoms in total. The van der Waals surface area contributed by atoms with E-state index in [9.17, 15) is 19.5 Å². The summed E-state index contributed by atoms with van der Waals surface area (Å²) in [4.78, 5) is 41.3. The van der Waals surface area contributed by atoms with E-state index in [1.165, 1.54) is 13.2 Å². The predicted molar refractivity (Wildman–Crippen MR) is 133 cm³/mol. The fourth-order valence-electron chi connectivity index (χ4n) is 3.61. The van der Waals surface area contributed by atoms with E-state index in [0.717, 1.165) is 22.3 Å². The highest BCUT2D eigenvalue weighted by molar-refractivity contribution is 9.10. The molecule has 0 aliphatic carbocycles. The number of imide groups is 1. The summed E-state index contributed by atoms with van der Waals surface area (Å²) >= 11 is 3.99. The molecular formula is C23H22BrN3O6S. The van der Waals surface area contributed by atoms with Crippen LogP contribution in [0.1, 0.15) is 5.56 Å². The number of carbonyl (C=O) groups is 3. The number of hydrogen-bond acceptors (Lipinski definition) is 8. The predicted octanol–water partition coefficient (Wildman–Crippen LogP) is 3.67.